The molecule has 1 aromatic heterocycles. The Labute approximate surface area is 72.7 Å². The van der Waals surface area contributed by atoms with Gasteiger partial charge in [0.05, 0.1) is 12.5 Å². The summed E-state index contributed by atoms with van der Waals surface area (Å²) in [5.41, 5.74) is 8.60. The van der Waals surface area contributed by atoms with Gasteiger partial charge in [0.2, 0.25) is 0 Å². The van der Waals surface area contributed by atoms with Crippen molar-refractivity contribution < 1.29 is 4.42 Å². The van der Waals surface area contributed by atoms with Crippen molar-refractivity contribution >= 4 is 0 Å². The van der Waals surface area contributed by atoms with Gasteiger partial charge in [-0.15, -0.1) is 0 Å². The van der Waals surface area contributed by atoms with Crippen molar-refractivity contribution in [3.63, 3.8) is 0 Å². The number of nitrogens with two attached hydrogens (primary N) is 1. The van der Waals surface area contributed by atoms with Gasteiger partial charge < -0.3 is 10.2 Å². The summed E-state index contributed by atoms with van der Waals surface area (Å²) in [6, 6.07) is 0.235. The molecule has 1 heterocycles. The molecule has 0 aromatic carbocycles. The van der Waals surface area contributed by atoms with Crippen molar-refractivity contribution in [1.82, 2.24) is 0 Å². The van der Waals surface area contributed by atoms with E-state index in [2.05, 4.69) is 13.8 Å². The van der Waals surface area contributed by atoms with Crippen LogP contribution in [-0.2, 0) is 6.42 Å². The molecule has 0 saturated heterocycles. The van der Waals surface area contributed by atoms with Crippen LogP contribution in [0.1, 0.15) is 30.9 Å². The van der Waals surface area contributed by atoms with E-state index in [4.69, 9.17) is 10.2 Å². The predicted octanol–water partition coefficient (Wildman–Crippen LogP) is 1.90. The zero-order valence-corrected chi connectivity index (χ0v) is 7.58. The first-order chi connectivity index (χ1) is 5.70. The van der Waals surface area contributed by atoms with Crippen LogP contribution >= 0.6 is 0 Å². The van der Waals surface area contributed by atoms with Crippen molar-refractivity contribution in [1.29, 1.82) is 0 Å². The third kappa shape index (κ3) is 0.985. The lowest BCUT2D eigenvalue weighted by molar-refractivity contribution is 0.425. The molecule has 2 N–H and O–H groups in total. The molecular formula is C10H15NO. The molecule has 0 radical (unpaired) electrons. The lowest BCUT2D eigenvalue weighted by Gasteiger charge is -2.19. The van der Waals surface area contributed by atoms with Crippen LogP contribution < -0.4 is 5.73 Å². The van der Waals surface area contributed by atoms with E-state index in [0.717, 1.165) is 6.42 Å². The topological polar surface area (TPSA) is 39.2 Å². The zero-order valence-electron chi connectivity index (χ0n) is 7.58. The summed E-state index contributed by atoms with van der Waals surface area (Å²) in [6.45, 7) is 4.33. The number of hydrogen-bond acceptors (Lipinski definition) is 2. The lowest BCUT2D eigenvalue weighted by Crippen LogP contribution is -2.26. The first-order valence-electron chi connectivity index (χ1n) is 4.50. The van der Waals surface area contributed by atoms with Crippen LogP contribution in [0, 0.1) is 5.92 Å². The van der Waals surface area contributed by atoms with Crippen molar-refractivity contribution in [3.05, 3.63) is 23.7 Å². The third-order valence-corrected chi connectivity index (χ3v) is 2.86. The molecule has 66 valence electrons. The summed E-state index contributed by atoms with van der Waals surface area (Å²) in [6.07, 6.45) is 4.83. The first kappa shape index (κ1) is 7.87. The van der Waals surface area contributed by atoms with Gasteiger partial charge in [-0.25, -0.2) is 0 Å². The van der Waals surface area contributed by atoms with Crippen LogP contribution in [0.25, 0.3) is 0 Å². The highest BCUT2D eigenvalue weighted by molar-refractivity contribution is 5.33. The maximum Gasteiger partial charge on any atom is 0.0940 e. The fourth-order valence-electron chi connectivity index (χ4n) is 2.37. The Morgan fingerprint density at radius 3 is 3.00 bits per heavy atom. The molecule has 2 rings (SSSR count). The molecule has 0 aliphatic heterocycles. The van der Waals surface area contributed by atoms with Gasteiger partial charge in [0.15, 0.2) is 0 Å². The van der Waals surface area contributed by atoms with Crippen LogP contribution in [0.15, 0.2) is 16.9 Å². The average molecular weight is 165 g/mol. The summed E-state index contributed by atoms with van der Waals surface area (Å²) < 4.78 is 5.16. The molecule has 0 saturated carbocycles. The molecule has 0 spiro atoms. The molecule has 1 aromatic rings. The second-order valence-electron chi connectivity index (χ2n) is 3.92. The molecule has 3 unspecified atom stereocenters. The highest BCUT2D eigenvalue weighted by atomic mass is 16.3. The highest BCUT2D eigenvalue weighted by Crippen LogP contribution is 2.39. The van der Waals surface area contributed by atoms with E-state index in [0.29, 0.717) is 11.8 Å². The van der Waals surface area contributed by atoms with Crippen LogP contribution in [0.2, 0.25) is 0 Å². The minimum atomic E-state index is 0.235. The summed E-state index contributed by atoms with van der Waals surface area (Å²) in [4.78, 5) is 0. The molecule has 3 atom stereocenters. The SMILES string of the molecule is CC(N)C1c2cocc2CC1C. The molecule has 0 amide bonds. The van der Waals surface area contributed by atoms with Crippen LogP contribution in [0.5, 0.6) is 0 Å². The van der Waals surface area contributed by atoms with Gasteiger partial charge in [0.1, 0.15) is 0 Å². The minimum absolute atomic E-state index is 0.235. The smallest absolute Gasteiger partial charge is 0.0940 e. The van der Waals surface area contributed by atoms with Gasteiger partial charge in [-0.1, -0.05) is 6.92 Å². The molecule has 1 aliphatic rings. The molecule has 12 heavy (non-hydrogen) atoms. The van der Waals surface area contributed by atoms with Crippen LogP contribution in [0.3, 0.4) is 0 Å². The third-order valence-electron chi connectivity index (χ3n) is 2.86. The molecule has 1 aliphatic carbocycles. The van der Waals surface area contributed by atoms with E-state index in [9.17, 15) is 0 Å². The molecular weight excluding hydrogens is 150 g/mol. The maximum absolute atomic E-state index is 5.92. The average Bonchev–Trinajstić information content (AvgIpc) is 2.44. The normalized spacial score (nSPS) is 30.2. The number of fused-ring (bicyclic) bond motifs is 1. The van der Waals surface area contributed by atoms with Gasteiger partial charge >= 0.3 is 0 Å². The highest BCUT2D eigenvalue weighted by Gasteiger charge is 2.33. The van der Waals surface area contributed by atoms with E-state index in [-0.39, 0.29) is 6.04 Å². The Bertz CT molecular complexity index is 277. The fraction of sp³-hybridized carbons (Fsp3) is 0.600. The Kier molecular flexibility index (Phi) is 1.72. The van der Waals surface area contributed by atoms with E-state index < -0.39 is 0 Å². The van der Waals surface area contributed by atoms with Gasteiger partial charge in [0.25, 0.3) is 0 Å². The summed E-state index contributed by atoms with van der Waals surface area (Å²) >= 11 is 0. The summed E-state index contributed by atoms with van der Waals surface area (Å²) in [5.74, 6) is 1.17. The van der Waals surface area contributed by atoms with Gasteiger partial charge in [-0.3, -0.25) is 0 Å². The molecule has 0 fully saturated rings. The van der Waals surface area contributed by atoms with E-state index in [1.807, 2.05) is 12.5 Å². The van der Waals surface area contributed by atoms with E-state index >= 15 is 0 Å². The predicted molar refractivity (Wildman–Crippen MR) is 48.0 cm³/mol. The van der Waals surface area contributed by atoms with Crippen LogP contribution in [0.4, 0.5) is 0 Å². The number of furan rings is 1. The maximum atomic E-state index is 5.92. The number of hydrogen-bond donors (Lipinski definition) is 1. The monoisotopic (exact) mass is 165 g/mol. The van der Waals surface area contributed by atoms with Gasteiger partial charge in [0, 0.05) is 12.0 Å². The quantitative estimate of drug-likeness (QED) is 0.690. The van der Waals surface area contributed by atoms with Crippen molar-refractivity contribution in [2.24, 2.45) is 11.7 Å². The zero-order chi connectivity index (χ0) is 8.72. The Morgan fingerprint density at radius 2 is 2.33 bits per heavy atom. The standard InChI is InChI=1S/C10H15NO/c1-6-3-8-4-12-5-9(8)10(6)7(2)11/h4-7,10H,3,11H2,1-2H3. The largest absolute Gasteiger partial charge is 0.472 e. The summed E-state index contributed by atoms with van der Waals surface area (Å²) in [7, 11) is 0. The molecule has 2 heteroatoms. The molecule has 0 bridgehead atoms. The number of rotatable bonds is 1. The van der Waals surface area contributed by atoms with Gasteiger partial charge in [-0.05, 0) is 30.4 Å². The van der Waals surface area contributed by atoms with E-state index in [1.165, 1.54) is 11.1 Å². The second kappa shape index (κ2) is 2.63. The lowest BCUT2D eigenvalue weighted by atomic mass is 9.89. The molecule has 2 nitrogen and oxygen atoms in total. The minimum Gasteiger partial charge on any atom is -0.472 e. The van der Waals surface area contributed by atoms with Crippen LogP contribution in [-0.4, -0.2) is 6.04 Å². The van der Waals surface area contributed by atoms with Crippen molar-refractivity contribution in [3.8, 4) is 0 Å². The second-order valence-corrected chi connectivity index (χ2v) is 3.92. The van der Waals surface area contributed by atoms with Crippen molar-refractivity contribution in [2.75, 3.05) is 0 Å². The first-order valence-corrected chi connectivity index (χ1v) is 4.50. The fourth-order valence-corrected chi connectivity index (χ4v) is 2.37. The van der Waals surface area contributed by atoms with Crippen molar-refractivity contribution in [2.45, 2.75) is 32.2 Å². The van der Waals surface area contributed by atoms with E-state index in [1.54, 1.807) is 0 Å². The van der Waals surface area contributed by atoms with Gasteiger partial charge in [-0.2, -0.15) is 0 Å². The Balaban J connectivity index is 2.35. The Hall–Kier alpha value is -0.760. The summed E-state index contributed by atoms with van der Waals surface area (Å²) in [5, 5.41) is 0. The Morgan fingerprint density at radius 1 is 1.58 bits per heavy atom.